The molecule has 0 atom stereocenters. The van der Waals surface area contributed by atoms with Crippen LogP contribution in [-0.4, -0.2) is 122 Å². The molecule has 5 nitrogen and oxygen atoms in total. The highest BCUT2D eigenvalue weighted by atomic mass is 15.3. The summed E-state index contributed by atoms with van der Waals surface area (Å²) in [5, 5.41) is 0. The van der Waals surface area contributed by atoms with Crippen LogP contribution in [-0.2, 0) is 0 Å². The lowest BCUT2D eigenvalue weighted by molar-refractivity contribution is 0.0938. The highest BCUT2D eigenvalue weighted by Gasteiger charge is 2.20. The van der Waals surface area contributed by atoms with Crippen molar-refractivity contribution in [2.75, 3.05) is 79.0 Å². The van der Waals surface area contributed by atoms with Gasteiger partial charge in [-0.3, -0.25) is 19.6 Å². The monoisotopic (exact) mass is 383 g/mol. The summed E-state index contributed by atoms with van der Waals surface area (Å²) < 4.78 is 0. The summed E-state index contributed by atoms with van der Waals surface area (Å²) in [6, 6.07) is 1.87. The SMILES string of the molecule is CCN(C)CCN1CCN(CCN(CCN(C(C)C)C(C)C)C(C)C)CC1. The molecule has 27 heavy (non-hydrogen) atoms. The van der Waals surface area contributed by atoms with Crippen molar-refractivity contribution >= 4 is 0 Å². The Kier molecular flexibility index (Phi) is 12.1. The van der Waals surface area contributed by atoms with Gasteiger partial charge in [0.25, 0.3) is 0 Å². The molecule has 1 fully saturated rings. The lowest BCUT2D eigenvalue weighted by Crippen LogP contribution is -2.51. The molecule has 0 amide bonds. The van der Waals surface area contributed by atoms with E-state index in [0.29, 0.717) is 18.1 Å². The normalized spacial score (nSPS) is 17.6. The molecule has 0 N–H and O–H groups in total. The van der Waals surface area contributed by atoms with Crippen molar-refractivity contribution in [2.45, 2.75) is 66.6 Å². The molecule has 1 aliphatic heterocycles. The van der Waals surface area contributed by atoms with Crippen LogP contribution >= 0.6 is 0 Å². The van der Waals surface area contributed by atoms with Gasteiger partial charge in [-0.05, 0) is 55.1 Å². The Hall–Kier alpha value is -0.200. The van der Waals surface area contributed by atoms with E-state index in [-0.39, 0.29) is 0 Å². The Bertz CT molecular complexity index is 356. The quantitative estimate of drug-likeness (QED) is 0.484. The van der Waals surface area contributed by atoms with Gasteiger partial charge in [0.15, 0.2) is 0 Å². The number of hydrogen-bond acceptors (Lipinski definition) is 5. The minimum absolute atomic E-state index is 0.622. The van der Waals surface area contributed by atoms with Crippen LogP contribution in [0.25, 0.3) is 0 Å². The fraction of sp³-hybridized carbons (Fsp3) is 1.00. The number of piperazine rings is 1. The standard InChI is InChI=1S/C22H49N5/c1-9-23(8)10-11-24-12-14-25(15-13-24)16-17-26(20(2)3)18-19-27(21(4)5)22(6)7/h20-22H,9-19H2,1-8H3. The molecule has 0 saturated carbocycles. The Balaban J connectivity index is 2.33. The number of hydrogen-bond donors (Lipinski definition) is 0. The molecule has 0 aromatic carbocycles. The first-order chi connectivity index (χ1) is 12.7. The fourth-order valence-corrected chi connectivity index (χ4v) is 3.96. The lowest BCUT2D eigenvalue weighted by atomic mass is 10.2. The maximum Gasteiger partial charge on any atom is 0.0115 e. The predicted molar refractivity (Wildman–Crippen MR) is 120 cm³/mol. The zero-order valence-electron chi connectivity index (χ0n) is 19.7. The van der Waals surface area contributed by atoms with E-state index in [1.807, 2.05) is 0 Å². The van der Waals surface area contributed by atoms with Gasteiger partial charge in [-0.15, -0.1) is 0 Å². The van der Waals surface area contributed by atoms with Crippen molar-refractivity contribution in [3.63, 3.8) is 0 Å². The molecule has 0 aromatic heterocycles. The maximum atomic E-state index is 2.67. The largest absolute Gasteiger partial charge is 0.305 e. The number of nitrogens with zero attached hydrogens (tertiary/aromatic N) is 5. The van der Waals surface area contributed by atoms with Crippen molar-refractivity contribution < 1.29 is 0 Å². The molecule has 0 aliphatic carbocycles. The van der Waals surface area contributed by atoms with Crippen LogP contribution in [0.15, 0.2) is 0 Å². The molecule has 1 aliphatic rings. The van der Waals surface area contributed by atoms with Crippen LogP contribution in [0, 0.1) is 0 Å². The van der Waals surface area contributed by atoms with E-state index in [1.54, 1.807) is 0 Å². The minimum Gasteiger partial charge on any atom is -0.305 e. The van der Waals surface area contributed by atoms with Gasteiger partial charge in [0.2, 0.25) is 0 Å². The Labute approximate surface area is 170 Å². The second-order valence-corrected chi connectivity index (χ2v) is 9.13. The molecule has 1 heterocycles. The highest BCUT2D eigenvalue weighted by Crippen LogP contribution is 2.08. The van der Waals surface area contributed by atoms with E-state index in [1.165, 1.54) is 65.4 Å². The van der Waals surface area contributed by atoms with E-state index in [4.69, 9.17) is 0 Å². The third-order valence-corrected chi connectivity index (χ3v) is 6.21. The van der Waals surface area contributed by atoms with Crippen molar-refractivity contribution in [3.05, 3.63) is 0 Å². The molecule has 0 aromatic rings. The Morgan fingerprint density at radius 1 is 0.667 bits per heavy atom. The molecular formula is C22H49N5. The predicted octanol–water partition coefficient (Wildman–Crippen LogP) is 2.38. The number of likely N-dealkylation sites (N-methyl/N-ethyl adjacent to an activating group) is 1. The molecule has 1 rings (SSSR count). The molecule has 0 radical (unpaired) electrons. The minimum atomic E-state index is 0.622. The average Bonchev–Trinajstić information content (AvgIpc) is 2.62. The van der Waals surface area contributed by atoms with E-state index >= 15 is 0 Å². The third kappa shape index (κ3) is 9.71. The van der Waals surface area contributed by atoms with Crippen molar-refractivity contribution in [1.29, 1.82) is 0 Å². The first-order valence-corrected chi connectivity index (χ1v) is 11.4. The molecule has 162 valence electrons. The molecule has 0 unspecified atom stereocenters. The maximum absolute atomic E-state index is 2.67. The van der Waals surface area contributed by atoms with Gasteiger partial charge in [0, 0.05) is 83.6 Å². The lowest BCUT2D eigenvalue weighted by Gasteiger charge is -2.38. The van der Waals surface area contributed by atoms with Crippen LogP contribution < -0.4 is 0 Å². The van der Waals surface area contributed by atoms with Gasteiger partial charge in [-0.1, -0.05) is 6.92 Å². The summed E-state index contributed by atoms with van der Waals surface area (Å²) >= 11 is 0. The van der Waals surface area contributed by atoms with Crippen molar-refractivity contribution in [2.24, 2.45) is 0 Å². The molecule has 5 heteroatoms. The van der Waals surface area contributed by atoms with Gasteiger partial charge in [-0.2, -0.15) is 0 Å². The summed E-state index contributed by atoms with van der Waals surface area (Å²) in [6.45, 7) is 29.4. The van der Waals surface area contributed by atoms with Gasteiger partial charge in [-0.25, -0.2) is 0 Å². The second-order valence-electron chi connectivity index (χ2n) is 9.13. The highest BCUT2D eigenvalue weighted by molar-refractivity contribution is 4.76. The van der Waals surface area contributed by atoms with E-state index in [2.05, 4.69) is 80.0 Å². The zero-order valence-corrected chi connectivity index (χ0v) is 19.7. The average molecular weight is 384 g/mol. The molecular weight excluding hydrogens is 334 g/mol. The second kappa shape index (κ2) is 13.1. The Morgan fingerprint density at radius 2 is 1.15 bits per heavy atom. The van der Waals surface area contributed by atoms with Crippen LogP contribution in [0.4, 0.5) is 0 Å². The van der Waals surface area contributed by atoms with Crippen LogP contribution in [0.2, 0.25) is 0 Å². The van der Waals surface area contributed by atoms with Crippen LogP contribution in [0.5, 0.6) is 0 Å². The topological polar surface area (TPSA) is 16.2 Å². The fourth-order valence-electron chi connectivity index (χ4n) is 3.96. The molecule has 1 saturated heterocycles. The van der Waals surface area contributed by atoms with Gasteiger partial charge in [0.05, 0.1) is 0 Å². The summed E-state index contributed by atoms with van der Waals surface area (Å²) in [6.07, 6.45) is 0. The summed E-state index contributed by atoms with van der Waals surface area (Å²) in [5.74, 6) is 0. The third-order valence-electron chi connectivity index (χ3n) is 6.21. The van der Waals surface area contributed by atoms with E-state index in [0.717, 1.165) is 6.54 Å². The van der Waals surface area contributed by atoms with E-state index < -0.39 is 0 Å². The summed E-state index contributed by atoms with van der Waals surface area (Å²) in [5.41, 5.74) is 0. The first-order valence-electron chi connectivity index (χ1n) is 11.4. The summed E-state index contributed by atoms with van der Waals surface area (Å²) in [7, 11) is 2.22. The van der Waals surface area contributed by atoms with Crippen LogP contribution in [0.3, 0.4) is 0 Å². The number of rotatable bonds is 13. The van der Waals surface area contributed by atoms with Crippen molar-refractivity contribution in [1.82, 2.24) is 24.5 Å². The Morgan fingerprint density at radius 3 is 1.56 bits per heavy atom. The zero-order chi connectivity index (χ0) is 20.4. The van der Waals surface area contributed by atoms with Gasteiger partial charge >= 0.3 is 0 Å². The first kappa shape index (κ1) is 24.8. The van der Waals surface area contributed by atoms with Gasteiger partial charge in [0.1, 0.15) is 0 Å². The van der Waals surface area contributed by atoms with Gasteiger partial charge < -0.3 is 4.90 Å². The van der Waals surface area contributed by atoms with Crippen LogP contribution in [0.1, 0.15) is 48.5 Å². The molecule has 0 spiro atoms. The van der Waals surface area contributed by atoms with Crippen molar-refractivity contribution in [3.8, 4) is 0 Å². The molecule has 0 bridgehead atoms. The van der Waals surface area contributed by atoms with E-state index in [9.17, 15) is 0 Å². The smallest absolute Gasteiger partial charge is 0.0115 e. The summed E-state index contributed by atoms with van der Waals surface area (Å²) in [4.78, 5) is 13.0.